The van der Waals surface area contributed by atoms with Crippen LogP contribution in [0, 0.1) is 11.8 Å². The predicted molar refractivity (Wildman–Crippen MR) is 117 cm³/mol. The lowest BCUT2D eigenvalue weighted by molar-refractivity contribution is 0.0792. The Balaban J connectivity index is 2.38. The Kier molecular flexibility index (Phi) is 13.4. The molecule has 0 aromatic heterocycles. The van der Waals surface area contributed by atoms with Gasteiger partial charge < -0.3 is 18.9 Å². The van der Waals surface area contributed by atoms with Gasteiger partial charge >= 0.3 is 12.3 Å². The molecule has 0 heterocycles. The first kappa shape index (κ1) is 25.8. The van der Waals surface area contributed by atoms with Crippen LogP contribution in [0.15, 0.2) is 24.3 Å². The molecule has 0 spiro atoms. The van der Waals surface area contributed by atoms with Crippen LogP contribution >= 0.6 is 0 Å². The van der Waals surface area contributed by atoms with Crippen LogP contribution in [-0.2, 0) is 9.47 Å². The molecule has 0 saturated heterocycles. The Morgan fingerprint density at radius 2 is 1.07 bits per heavy atom. The minimum absolute atomic E-state index is 0.327. The third kappa shape index (κ3) is 11.1. The van der Waals surface area contributed by atoms with Crippen molar-refractivity contribution < 1.29 is 28.5 Å². The van der Waals surface area contributed by atoms with E-state index in [1.165, 1.54) is 0 Å². The maximum atomic E-state index is 11.9. The van der Waals surface area contributed by atoms with Crippen LogP contribution in [-0.4, -0.2) is 25.5 Å². The standard InChI is InChI=1S/C24H38O6/c1-5-9-11-19(7-3)17-27-23(25)29-21-13-15-22(16-14-21)30-24(26)28-18-20(8-4)12-10-6-2/h13-16,19-20H,5-12,17-18H2,1-4H3. The van der Waals surface area contributed by atoms with Crippen molar-refractivity contribution in [2.45, 2.75) is 79.1 Å². The Bertz CT molecular complexity index is 545. The van der Waals surface area contributed by atoms with E-state index in [1.54, 1.807) is 24.3 Å². The number of rotatable bonds is 14. The highest BCUT2D eigenvalue weighted by molar-refractivity contribution is 5.65. The molecule has 6 nitrogen and oxygen atoms in total. The second-order valence-corrected chi connectivity index (χ2v) is 7.63. The zero-order chi connectivity index (χ0) is 22.2. The second-order valence-electron chi connectivity index (χ2n) is 7.63. The van der Waals surface area contributed by atoms with E-state index in [1.807, 2.05) is 0 Å². The molecule has 0 bridgehead atoms. The van der Waals surface area contributed by atoms with Crippen molar-refractivity contribution in [3.05, 3.63) is 24.3 Å². The molecular formula is C24H38O6. The highest BCUT2D eigenvalue weighted by atomic mass is 16.7. The van der Waals surface area contributed by atoms with Crippen LogP contribution in [0.4, 0.5) is 9.59 Å². The van der Waals surface area contributed by atoms with E-state index in [0.29, 0.717) is 36.5 Å². The zero-order valence-corrected chi connectivity index (χ0v) is 19.0. The number of hydrogen-bond acceptors (Lipinski definition) is 6. The first-order valence-electron chi connectivity index (χ1n) is 11.3. The molecule has 0 radical (unpaired) electrons. The summed E-state index contributed by atoms with van der Waals surface area (Å²) in [5.74, 6) is 1.36. The fraction of sp³-hybridized carbons (Fsp3) is 0.667. The lowest BCUT2D eigenvalue weighted by Crippen LogP contribution is -2.17. The highest BCUT2D eigenvalue weighted by Gasteiger charge is 2.14. The van der Waals surface area contributed by atoms with Crippen molar-refractivity contribution in [3.63, 3.8) is 0 Å². The molecule has 2 atom stereocenters. The van der Waals surface area contributed by atoms with Crippen LogP contribution < -0.4 is 9.47 Å². The largest absolute Gasteiger partial charge is 0.513 e. The number of carbonyl (C=O) groups excluding carboxylic acids is 2. The van der Waals surface area contributed by atoms with Crippen LogP contribution in [0.1, 0.15) is 79.1 Å². The van der Waals surface area contributed by atoms with Gasteiger partial charge in [0.05, 0.1) is 13.2 Å². The Morgan fingerprint density at radius 3 is 1.37 bits per heavy atom. The number of carbonyl (C=O) groups is 2. The topological polar surface area (TPSA) is 71.1 Å². The lowest BCUT2D eigenvalue weighted by Gasteiger charge is -2.15. The number of unbranched alkanes of at least 4 members (excludes halogenated alkanes) is 2. The third-order valence-electron chi connectivity index (χ3n) is 5.19. The Hall–Kier alpha value is -2.24. The Labute approximate surface area is 181 Å². The molecule has 0 aliphatic carbocycles. The molecule has 0 N–H and O–H groups in total. The molecule has 0 amide bonds. The van der Waals surface area contributed by atoms with E-state index in [9.17, 15) is 9.59 Å². The fourth-order valence-corrected chi connectivity index (χ4v) is 3.00. The lowest BCUT2D eigenvalue weighted by atomic mass is 10.0. The molecule has 0 aliphatic heterocycles. The van der Waals surface area contributed by atoms with Gasteiger partial charge in [-0.3, -0.25) is 0 Å². The van der Waals surface area contributed by atoms with Gasteiger partial charge in [-0.2, -0.15) is 0 Å². The van der Waals surface area contributed by atoms with E-state index < -0.39 is 12.3 Å². The molecule has 6 heteroatoms. The average molecular weight is 423 g/mol. The summed E-state index contributed by atoms with van der Waals surface area (Å²) in [6.07, 6.45) is 7.06. The monoisotopic (exact) mass is 422 g/mol. The molecule has 0 saturated carbocycles. The molecule has 0 aliphatic rings. The molecule has 1 rings (SSSR count). The zero-order valence-electron chi connectivity index (χ0n) is 19.0. The number of ether oxygens (including phenoxy) is 4. The van der Waals surface area contributed by atoms with Gasteiger partial charge in [-0.15, -0.1) is 0 Å². The van der Waals surface area contributed by atoms with Crippen molar-refractivity contribution in [1.29, 1.82) is 0 Å². The minimum Gasteiger partial charge on any atom is -0.434 e. The number of benzene rings is 1. The maximum Gasteiger partial charge on any atom is 0.513 e. The first-order valence-corrected chi connectivity index (χ1v) is 11.3. The molecule has 2 unspecified atom stereocenters. The van der Waals surface area contributed by atoms with Crippen LogP contribution in [0.2, 0.25) is 0 Å². The molecule has 1 aromatic rings. The van der Waals surface area contributed by atoms with E-state index in [2.05, 4.69) is 27.7 Å². The molecule has 0 fully saturated rings. The van der Waals surface area contributed by atoms with Gasteiger partial charge in [0, 0.05) is 0 Å². The van der Waals surface area contributed by atoms with Crippen molar-refractivity contribution >= 4 is 12.3 Å². The summed E-state index contributed by atoms with van der Waals surface area (Å²) in [7, 11) is 0. The molecular weight excluding hydrogens is 384 g/mol. The summed E-state index contributed by atoms with van der Waals surface area (Å²) in [4.78, 5) is 23.7. The Morgan fingerprint density at radius 1 is 0.700 bits per heavy atom. The summed E-state index contributed by atoms with van der Waals surface area (Å²) >= 11 is 0. The van der Waals surface area contributed by atoms with Crippen LogP contribution in [0.3, 0.4) is 0 Å². The van der Waals surface area contributed by atoms with E-state index in [4.69, 9.17) is 18.9 Å². The summed E-state index contributed by atoms with van der Waals surface area (Å²) in [5.41, 5.74) is 0. The van der Waals surface area contributed by atoms with Crippen molar-refractivity contribution in [2.75, 3.05) is 13.2 Å². The first-order chi connectivity index (χ1) is 14.5. The molecule has 30 heavy (non-hydrogen) atoms. The van der Waals surface area contributed by atoms with Crippen molar-refractivity contribution in [3.8, 4) is 11.5 Å². The summed E-state index contributed by atoms with van der Waals surface area (Å²) in [6, 6.07) is 6.20. The van der Waals surface area contributed by atoms with Crippen molar-refractivity contribution in [1.82, 2.24) is 0 Å². The van der Waals surface area contributed by atoms with Gasteiger partial charge in [0.2, 0.25) is 0 Å². The summed E-state index contributed by atoms with van der Waals surface area (Å²) < 4.78 is 20.8. The fourth-order valence-electron chi connectivity index (χ4n) is 3.00. The van der Waals surface area contributed by atoms with Gasteiger partial charge in [-0.1, -0.05) is 66.2 Å². The van der Waals surface area contributed by atoms with Crippen LogP contribution in [0.5, 0.6) is 11.5 Å². The van der Waals surface area contributed by atoms with E-state index >= 15 is 0 Å². The van der Waals surface area contributed by atoms with Gasteiger partial charge in [0.25, 0.3) is 0 Å². The SMILES string of the molecule is CCCCC(CC)COC(=O)Oc1ccc(OC(=O)OCC(CC)CCCC)cc1. The normalized spacial score (nSPS) is 12.7. The molecule has 1 aromatic carbocycles. The minimum atomic E-state index is -0.726. The highest BCUT2D eigenvalue weighted by Crippen LogP contribution is 2.20. The predicted octanol–water partition coefficient (Wildman–Crippen LogP) is 7.15. The summed E-state index contributed by atoms with van der Waals surface area (Å²) in [5, 5.41) is 0. The van der Waals surface area contributed by atoms with Gasteiger partial charge in [-0.25, -0.2) is 9.59 Å². The third-order valence-corrected chi connectivity index (χ3v) is 5.19. The van der Waals surface area contributed by atoms with Crippen molar-refractivity contribution in [2.24, 2.45) is 11.8 Å². The smallest absolute Gasteiger partial charge is 0.434 e. The average Bonchev–Trinajstić information content (AvgIpc) is 2.75. The van der Waals surface area contributed by atoms with E-state index in [-0.39, 0.29) is 0 Å². The van der Waals surface area contributed by atoms with Gasteiger partial charge in [0.1, 0.15) is 11.5 Å². The van der Waals surface area contributed by atoms with E-state index in [0.717, 1.165) is 51.4 Å². The van der Waals surface area contributed by atoms with Crippen LogP contribution in [0.25, 0.3) is 0 Å². The van der Waals surface area contributed by atoms with Gasteiger partial charge in [0.15, 0.2) is 0 Å². The number of hydrogen-bond donors (Lipinski definition) is 0. The summed E-state index contributed by atoms with van der Waals surface area (Å²) in [6.45, 7) is 9.19. The molecule has 170 valence electrons. The maximum absolute atomic E-state index is 11.9. The quantitative estimate of drug-likeness (QED) is 0.234. The van der Waals surface area contributed by atoms with Gasteiger partial charge in [-0.05, 0) is 48.9 Å². The second kappa shape index (κ2) is 15.6.